The summed E-state index contributed by atoms with van der Waals surface area (Å²) in [7, 11) is 1.34. The van der Waals surface area contributed by atoms with Crippen LogP contribution in [0.5, 0.6) is 0 Å². The molecule has 0 N–H and O–H groups in total. The van der Waals surface area contributed by atoms with E-state index in [4.69, 9.17) is 0 Å². The largest absolute Gasteiger partial charge is 0.469 e. The minimum Gasteiger partial charge on any atom is -0.469 e. The van der Waals surface area contributed by atoms with E-state index in [1.807, 2.05) is 24.3 Å². The SMILES string of the molecule is COC(=O)CCCc1ccc(C(F)(F)Cc2cc(F)ccc2-c2ccc(C3CC3)cc2)cc1. The first-order chi connectivity index (χ1) is 15.9. The minimum absolute atomic E-state index is 0.112. The van der Waals surface area contributed by atoms with Crippen LogP contribution in [-0.2, 0) is 28.3 Å². The van der Waals surface area contributed by atoms with Crippen molar-refractivity contribution in [1.29, 1.82) is 0 Å². The summed E-state index contributed by atoms with van der Waals surface area (Å²) in [5.74, 6) is -3.35. The number of hydrogen-bond acceptors (Lipinski definition) is 2. The number of aryl methyl sites for hydroxylation is 1. The number of hydrogen-bond donors (Lipinski definition) is 0. The van der Waals surface area contributed by atoms with Gasteiger partial charge in [-0.1, -0.05) is 54.6 Å². The summed E-state index contributed by atoms with van der Waals surface area (Å²) >= 11 is 0. The van der Waals surface area contributed by atoms with Gasteiger partial charge in [-0.2, -0.15) is 0 Å². The van der Waals surface area contributed by atoms with Gasteiger partial charge in [0.1, 0.15) is 5.82 Å². The third-order valence-corrected chi connectivity index (χ3v) is 6.20. The third kappa shape index (κ3) is 5.84. The van der Waals surface area contributed by atoms with Crippen molar-refractivity contribution >= 4 is 5.97 Å². The summed E-state index contributed by atoms with van der Waals surface area (Å²) in [5.41, 5.74) is 3.74. The van der Waals surface area contributed by atoms with Crippen LogP contribution in [0.2, 0.25) is 0 Å². The van der Waals surface area contributed by atoms with E-state index in [0.717, 1.165) is 11.1 Å². The van der Waals surface area contributed by atoms with E-state index in [1.165, 1.54) is 49.8 Å². The molecular weight excluding hydrogens is 425 g/mol. The van der Waals surface area contributed by atoms with Crippen molar-refractivity contribution in [2.24, 2.45) is 0 Å². The molecule has 0 bridgehead atoms. The molecule has 1 aliphatic carbocycles. The molecule has 3 aromatic rings. The lowest BCUT2D eigenvalue weighted by Gasteiger charge is -2.20. The molecule has 33 heavy (non-hydrogen) atoms. The van der Waals surface area contributed by atoms with Crippen molar-refractivity contribution in [2.75, 3.05) is 7.11 Å². The summed E-state index contributed by atoms with van der Waals surface area (Å²) in [6.45, 7) is 0. The second kappa shape index (κ2) is 9.82. The Kier molecular flexibility index (Phi) is 6.87. The topological polar surface area (TPSA) is 26.3 Å². The van der Waals surface area contributed by atoms with Crippen LogP contribution in [0, 0.1) is 5.82 Å². The van der Waals surface area contributed by atoms with E-state index in [1.54, 1.807) is 18.2 Å². The van der Waals surface area contributed by atoms with Crippen LogP contribution in [0.15, 0.2) is 66.7 Å². The maximum absolute atomic E-state index is 15.2. The van der Waals surface area contributed by atoms with Crippen LogP contribution < -0.4 is 0 Å². The van der Waals surface area contributed by atoms with Gasteiger partial charge in [-0.15, -0.1) is 0 Å². The average molecular weight is 453 g/mol. The van der Waals surface area contributed by atoms with Crippen LogP contribution >= 0.6 is 0 Å². The number of halogens is 3. The standard InChI is InChI=1S/C28H27F3O2/c1-33-27(32)4-2-3-19-5-13-24(14-6-19)28(30,31)18-23-17-25(29)15-16-26(23)22-11-9-21(10-12-22)20-7-8-20/h5-6,9-17,20H,2-4,7-8,18H2,1H3. The summed E-state index contributed by atoms with van der Waals surface area (Å²) in [4.78, 5) is 11.2. The number of esters is 1. The van der Waals surface area contributed by atoms with Crippen molar-refractivity contribution in [3.8, 4) is 11.1 Å². The van der Waals surface area contributed by atoms with Crippen molar-refractivity contribution in [1.82, 2.24) is 0 Å². The summed E-state index contributed by atoms with van der Waals surface area (Å²) in [6, 6.07) is 18.2. The number of alkyl halides is 2. The highest BCUT2D eigenvalue weighted by molar-refractivity contribution is 5.69. The third-order valence-electron chi connectivity index (χ3n) is 6.20. The molecule has 0 unspecified atom stereocenters. The average Bonchev–Trinajstić information content (AvgIpc) is 3.65. The van der Waals surface area contributed by atoms with Gasteiger partial charge in [0.25, 0.3) is 5.92 Å². The Bertz CT molecular complexity index is 1100. The highest BCUT2D eigenvalue weighted by Crippen LogP contribution is 2.41. The summed E-state index contributed by atoms with van der Waals surface area (Å²) in [6.07, 6.45) is 3.28. The molecule has 2 nitrogen and oxygen atoms in total. The number of ether oxygens (including phenoxy) is 1. The Labute approximate surface area is 192 Å². The van der Waals surface area contributed by atoms with Crippen LogP contribution in [0.25, 0.3) is 11.1 Å². The Morgan fingerprint density at radius 3 is 2.33 bits per heavy atom. The molecule has 0 aromatic heterocycles. The molecule has 0 amide bonds. The fraction of sp³-hybridized carbons (Fsp3) is 0.321. The Hall–Kier alpha value is -3.08. The van der Waals surface area contributed by atoms with Gasteiger partial charge in [0.2, 0.25) is 0 Å². The predicted octanol–water partition coefficient (Wildman–Crippen LogP) is 7.20. The number of carbonyl (C=O) groups excluding carboxylic acids is 1. The Morgan fingerprint density at radius 1 is 1.00 bits per heavy atom. The van der Waals surface area contributed by atoms with Crippen molar-refractivity contribution < 1.29 is 22.7 Å². The van der Waals surface area contributed by atoms with E-state index in [0.29, 0.717) is 30.7 Å². The quantitative estimate of drug-likeness (QED) is 0.321. The van der Waals surface area contributed by atoms with Crippen LogP contribution in [0.4, 0.5) is 13.2 Å². The maximum Gasteiger partial charge on any atom is 0.305 e. The number of rotatable bonds is 9. The summed E-state index contributed by atoms with van der Waals surface area (Å²) in [5, 5.41) is 0. The van der Waals surface area contributed by atoms with Gasteiger partial charge in [0, 0.05) is 18.4 Å². The normalized spacial score (nSPS) is 13.7. The lowest BCUT2D eigenvalue weighted by atomic mass is 9.92. The van der Waals surface area contributed by atoms with Crippen molar-refractivity contribution in [3.05, 3.63) is 94.8 Å². The second-order valence-electron chi connectivity index (χ2n) is 8.71. The Morgan fingerprint density at radius 2 is 1.70 bits per heavy atom. The molecule has 0 spiro atoms. The molecule has 0 saturated heterocycles. The monoisotopic (exact) mass is 452 g/mol. The van der Waals surface area contributed by atoms with E-state index >= 15 is 8.78 Å². The van der Waals surface area contributed by atoms with E-state index in [-0.39, 0.29) is 17.1 Å². The summed E-state index contributed by atoms with van der Waals surface area (Å²) < 4.78 is 49.0. The van der Waals surface area contributed by atoms with Gasteiger partial charge in [0.05, 0.1) is 7.11 Å². The highest BCUT2D eigenvalue weighted by atomic mass is 19.3. The first-order valence-electron chi connectivity index (χ1n) is 11.3. The van der Waals surface area contributed by atoms with Gasteiger partial charge in [-0.25, -0.2) is 13.2 Å². The van der Waals surface area contributed by atoms with Gasteiger partial charge in [0.15, 0.2) is 0 Å². The molecule has 0 heterocycles. The number of methoxy groups -OCH3 is 1. The Balaban J connectivity index is 1.50. The first-order valence-corrected chi connectivity index (χ1v) is 11.3. The van der Waals surface area contributed by atoms with Crippen LogP contribution in [0.3, 0.4) is 0 Å². The first kappa shape index (κ1) is 23.1. The predicted molar refractivity (Wildman–Crippen MR) is 123 cm³/mol. The van der Waals surface area contributed by atoms with E-state index in [9.17, 15) is 9.18 Å². The van der Waals surface area contributed by atoms with E-state index < -0.39 is 18.2 Å². The lowest BCUT2D eigenvalue weighted by molar-refractivity contribution is -0.140. The fourth-order valence-corrected chi connectivity index (χ4v) is 4.14. The van der Waals surface area contributed by atoms with Crippen LogP contribution in [0.1, 0.15) is 53.9 Å². The van der Waals surface area contributed by atoms with Crippen molar-refractivity contribution in [3.63, 3.8) is 0 Å². The van der Waals surface area contributed by atoms with Gasteiger partial charge in [-0.3, -0.25) is 4.79 Å². The molecular formula is C28H27F3O2. The molecule has 0 aliphatic heterocycles. The van der Waals surface area contributed by atoms with Crippen molar-refractivity contribution in [2.45, 2.75) is 50.4 Å². The molecule has 1 saturated carbocycles. The second-order valence-corrected chi connectivity index (χ2v) is 8.71. The zero-order valence-corrected chi connectivity index (χ0v) is 18.6. The molecule has 5 heteroatoms. The smallest absolute Gasteiger partial charge is 0.305 e. The van der Waals surface area contributed by atoms with Gasteiger partial charge >= 0.3 is 5.97 Å². The molecule has 172 valence electrons. The number of benzene rings is 3. The zero-order chi connectivity index (χ0) is 23.4. The van der Waals surface area contributed by atoms with Crippen LogP contribution in [-0.4, -0.2) is 13.1 Å². The fourth-order valence-electron chi connectivity index (χ4n) is 4.14. The van der Waals surface area contributed by atoms with E-state index in [2.05, 4.69) is 4.74 Å². The molecule has 0 radical (unpaired) electrons. The molecule has 1 aliphatic rings. The molecule has 0 atom stereocenters. The zero-order valence-electron chi connectivity index (χ0n) is 18.6. The lowest BCUT2D eigenvalue weighted by Crippen LogP contribution is -2.17. The highest BCUT2D eigenvalue weighted by Gasteiger charge is 2.33. The minimum atomic E-state index is -3.15. The number of carbonyl (C=O) groups is 1. The van der Waals surface area contributed by atoms with Gasteiger partial charge in [-0.05, 0) is 71.6 Å². The maximum atomic E-state index is 15.2. The molecule has 3 aromatic carbocycles. The molecule has 4 rings (SSSR count). The van der Waals surface area contributed by atoms with Gasteiger partial charge < -0.3 is 4.74 Å². The molecule has 1 fully saturated rings.